The number of aromatic amines is 1. The van der Waals surface area contributed by atoms with Crippen LogP contribution in [0.1, 0.15) is 0 Å². The fourth-order valence-electron chi connectivity index (χ4n) is 1.33. The van der Waals surface area contributed by atoms with E-state index in [0.717, 1.165) is 20.6 Å². The number of fused-ring (bicyclic) bond motifs is 3. The van der Waals surface area contributed by atoms with Crippen molar-refractivity contribution >= 4 is 44.1 Å². The summed E-state index contributed by atoms with van der Waals surface area (Å²) in [6, 6.07) is 0. The van der Waals surface area contributed by atoms with Crippen LogP contribution in [0.3, 0.4) is 0 Å². The maximum absolute atomic E-state index is 5.12. The molecule has 4 nitrogen and oxygen atoms in total. The van der Waals surface area contributed by atoms with Gasteiger partial charge in [0, 0.05) is 12.4 Å². The van der Waals surface area contributed by atoms with Crippen LogP contribution in [-0.4, -0.2) is 19.9 Å². The fraction of sp³-hybridized carbons (Fsp3) is 0. The second-order valence-electron chi connectivity index (χ2n) is 2.72. The Bertz CT molecular complexity index is 669. The Balaban J connectivity index is 2.70. The Morgan fingerprint density at radius 1 is 1.21 bits per heavy atom. The summed E-state index contributed by atoms with van der Waals surface area (Å²) in [5, 5.41) is 0. The zero-order valence-corrected chi connectivity index (χ0v) is 8.52. The minimum atomic E-state index is 0.601. The monoisotopic (exact) mass is 220 g/mol. The van der Waals surface area contributed by atoms with Gasteiger partial charge < -0.3 is 4.98 Å². The number of nitrogens with one attached hydrogen (secondary N) is 1. The molecule has 3 rings (SSSR count). The van der Waals surface area contributed by atoms with Crippen LogP contribution in [0.25, 0.3) is 20.6 Å². The first-order valence-electron chi connectivity index (χ1n) is 3.93. The lowest BCUT2D eigenvalue weighted by atomic mass is 10.4. The molecule has 0 amide bonds. The highest BCUT2D eigenvalue weighted by Gasteiger charge is 2.07. The van der Waals surface area contributed by atoms with Crippen molar-refractivity contribution in [1.82, 2.24) is 19.9 Å². The molecule has 14 heavy (non-hydrogen) atoms. The third-order valence-corrected chi connectivity index (χ3v) is 3.44. The summed E-state index contributed by atoms with van der Waals surface area (Å²) < 4.78 is 1.55. The maximum Gasteiger partial charge on any atom is 0.147 e. The molecule has 0 saturated carbocycles. The summed E-state index contributed by atoms with van der Waals surface area (Å²) in [6.07, 6.45) is 4.94. The first kappa shape index (κ1) is 7.95. The van der Waals surface area contributed by atoms with E-state index in [1.807, 2.05) is 0 Å². The van der Waals surface area contributed by atoms with Crippen LogP contribution in [-0.2, 0) is 0 Å². The van der Waals surface area contributed by atoms with E-state index in [4.69, 9.17) is 12.2 Å². The van der Waals surface area contributed by atoms with Crippen LogP contribution in [0.5, 0.6) is 0 Å². The van der Waals surface area contributed by atoms with E-state index in [2.05, 4.69) is 19.9 Å². The van der Waals surface area contributed by atoms with E-state index < -0.39 is 0 Å². The van der Waals surface area contributed by atoms with E-state index in [9.17, 15) is 0 Å². The molecule has 0 atom stereocenters. The first-order valence-corrected chi connectivity index (χ1v) is 5.15. The summed E-state index contributed by atoms with van der Waals surface area (Å²) in [7, 11) is 0. The number of aromatic nitrogens is 4. The highest BCUT2D eigenvalue weighted by atomic mass is 32.1. The highest BCUT2D eigenvalue weighted by molar-refractivity contribution is 7.71. The molecule has 3 heterocycles. The standard InChI is InChI=1S/C8H4N4S2/c13-7-6-4(11-3-12-7)5-8(14-6)10-2-1-9-5/h1-3H,(H,11,12,13). The van der Waals surface area contributed by atoms with Crippen LogP contribution < -0.4 is 0 Å². The Morgan fingerprint density at radius 2 is 2.07 bits per heavy atom. The van der Waals surface area contributed by atoms with Crippen LogP contribution in [0.15, 0.2) is 18.7 Å². The third-order valence-electron chi connectivity index (χ3n) is 1.91. The zero-order valence-electron chi connectivity index (χ0n) is 6.89. The van der Waals surface area contributed by atoms with E-state index in [1.165, 1.54) is 11.3 Å². The Hall–Kier alpha value is -1.40. The number of nitrogens with zero attached hydrogens (tertiary/aromatic N) is 3. The molecule has 0 saturated heterocycles. The number of hydrogen-bond donors (Lipinski definition) is 1. The predicted octanol–water partition coefficient (Wildman–Crippen LogP) is 2.30. The Morgan fingerprint density at radius 3 is 3.00 bits per heavy atom. The van der Waals surface area contributed by atoms with Gasteiger partial charge in [-0.3, -0.25) is 0 Å². The van der Waals surface area contributed by atoms with Crippen molar-refractivity contribution < 1.29 is 0 Å². The number of H-pyrrole nitrogens is 1. The summed E-state index contributed by atoms with van der Waals surface area (Å²) in [5.74, 6) is 0. The van der Waals surface area contributed by atoms with Crippen molar-refractivity contribution in [2.45, 2.75) is 0 Å². The molecular weight excluding hydrogens is 216 g/mol. The van der Waals surface area contributed by atoms with Gasteiger partial charge in [0.15, 0.2) is 0 Å². The molecule has 0 aliphatic heterocycles. The van der Waals surface area contributed by atoms with Gasteiger partial charge in [-0.2, -0.15) is 0 Å². The van der Waals surface area contributed by atoms with E-state index in [1.54, 1.807) is 18.7 Å². The first-order chi connectivity index (χ1) is 6.86. The summed E-state index contributed by atoms with van der Waals surface area (Å²) >= 11 is 6.64. The average Bonchev–Trinajstić information content (AvgIpc) is 2.59. The zero-order chi connectivity index (χ0) is 9.54. The molecule has 68 valence electrons. The van der Waals surface area contributed by atoms with Gasteiger partial charge in [0.05, 0.1) is 16.5 Å². The van der Waals surface area contributed by atoms with Crippen molar-refractivity contribution in [2.24, 2.45) is 0 Å². The Labute approximate surface area is 87.7 Å². The highest BCUT2D eigenvalue weighted by Crippen LogP contribution is 2.28. The lowest BCUT2D eigenvalue weighted by Crippen LogP contribution is -1.80. The average molecular weight is 220 g/mol. The molecular formula is C8H4N4S2. The smallest absolute Gasteiger partial charge is 0.147 e. The predicted molar refractivity (Wildman–Crippen MR) is 57.9 cm³/mol. The molecule has 0 radical (unpaired) electrons. The van der Waals surface area contributed by atoms with E-state index >= 15 is 0 Å². The molecule has 0 unspecified atom stereocenters. The minimum absolute atomic E-state index is 0.601. The molecule has 0 aromatic carbocycles. The van der Waals surface area contributed by atoms with Crippen LogP contribution >= 0.6 is 23.6 Å². The second-order valence-corrected chi connectivity index (χ2v) is 4.11. The summed E-state index contributed by atoms with van der Waals surface area (Å²) in [4.78, 5) is 16.4. The topological polar surface area (TPSA) is 54.5 Å². The quantitative estimate of drug-likeness (QED) is 0.591. The van der Waals surface area contributed by atoms with Crippen molar-refractivity contribution in [2.75, 3.05) is 0 Å². The molecule has 3 aromatic heterocycles. The molecule has 0 aliphatic rings. The molecule has 3 aromatic rings. The number of rotatable bonds is 0. The summed E-state index contributed by atoms with van der Waals surface area (Å²) in [6.45, 7) is 0. The maximum atomic E-state index is 5.12. The van der Waals surface area contributed by atoms with Gasteiger partial charge in [-0.15, -0.1) is 11.3 Å². The van der Waals surface area contributed by atoms with Crippen molar-refractivity contribution in [3.8, 4) is 0 Å². The molecule has 1 N–H and O–H groups in total. The van der Waals surface area contributed by atoms with Crippen molar-refractivity contribution in [3.05, 3.63) is 23.4 Å². The van der Waals surface area contributed by atoms with Gasteiger partial charge in [-0.1, -0.05) is 12.2 Å². The largest absolute Gasteiger partial charge is 0.343 e. The van der Waals surface area contributed by atoms with Crippen molar-refractivity contribution in [1.29, 1.82) is 0 Å². The molecule has 0 aliphatic carbocycles. The van der Waals surface area contributed by atoms with Crippen molar-refractivity contribution in [3.63, 3.8) is 0 Å². The number of hydrogen-bond acceptors (Lipinski definition) is 5. The molecule has 0 spiro atoms. The normalized spacial score (nSPS) is 11.1. The van der Waals surface area contributed by atoms with Gasteiger partial charge in [-0.25, -0.2) is 15.0 Å². The molecule has 0 fully saturated rings. The van der Waals surface area contributed by atoms with Gasteiger partial charge >= 0.3 is 0 Å². The van der Waals surface area contributed by atoms with Gasteiger partial charge in [-0.05, 0) is 0 Å². The van der Waals surface area contributed by atoms with Gasteiger partial charge in [0.2, 0.25) is 0 Å². The lowest BCUT2D eigenvalue weighted by Gasteiger charge is -1.88. The second kappa shape index (κ2) is 2.79. The number of thiophene rings is 1. The van der Waals surface area contributed by atoms with Crippen LogP contribution in [0, 0.1) is 4.64 Å². The fourth-order valence-corrected chi connectivity index (χ4v) is 2.56. The molecule has 6 heteroatoms. The van der Waals surface area contributed by atoms with Crippen LogP contribution in [0.2, 0.25) is 0 Å². The lowest BCUT2D eigenvalue weighted by molar-refractivity contribution is 1.21. The molecule has 0 bridgehead atoms. The minimum Gasteiger partial charge on any atom is -0.343 e. The van der Waals surface area contributed by atoms with E-state index in [0.29, 0.717) is 4.64 Å². The van der Waals surface area contributed by atoms with E-state index in [-0.39, 0.29) is 0 Å². The Kier molecular flexibility index (Phi) is 1.59. The van der Waals surface area contributed by atoms with Gasteiger partial charge in [0.25, 0.3) is 0 Å². The summed E-state index contributed by atoms with van der Waals surface area (Å²) in [5.41, 5.74) is 1.79. The SMILES string of the molecule is S=c1nc[nH]c2c1sc1nccnc12. The van der Waals surface area contributed by atoms with Gasteiger partial charge in [0.1, 0.15) is 15.0 Å². The third kappa shape index (κ3) is 0.978. The van der Waals surface area contributed by atoms with Crippen LogP contribution in [0.4, 0.5) is 0 Å².